The molecule has 2 aromatic carbocycles. The van der Waals surface area contributed by atoms with Crippen molar-refractivity contribution in [3.8, 4) is 0 Å². The van der Waals surface area contributed by atoms with Crippen LogP contribution in [0.2, 0.25) is 0 Å². The number of benzene rings is 2. The number of fused-ring (bicyclic) bond motifs is 2. The van der Waals surface area contributed by atoms with Crippen molar-refractivity contribution in [2.24, 2.45) is 0 Å². The SMILES string of the molecule is CCC1=Cc2ccccc2Nc2ccccc21. The molecule has 0 fully saturated rings. The topological polar surface area (TPSA) is 12.0 Å². The summed E-state index contributed by atoms with van der Waals surface area (Å²) >= 11 is 0. The van der Waals surface area contributed by atoms with Crippen molar-refractivity contribution < 1.29 is 0 Å². The monoisotopic (exact) mass is 221 g/mol. The minimum absolute atomic E-state index is 1.05. The van der Waals surface area contributed by atoms with Gasteiger partial charge in [0.15, 0.2) is 0 Å². The van der Waals surface area contributed by atoms with E-state index in [2.05, 4.69) is 66.8 Å². The number of allylic oxidation sites excluding steroid dienone is 1. The fraction of sp³-hybridized carbons (Fsp3) is 0.125. The molecular weight excluding hydrogens is 206 g/mol. The fourth-order valence-corrected chi connectivity index (χ4v) is 2.31. The molecule has 1 nitrogen and oxygen atoms in total. The summed E-state index contributed by atoms with van der Waals surface area (Å²) in [5.41, 5.74) is 6.35. The van der Waals surface area contributed by atoms with Crippen LogP contribution in [0.15, 0.2) is 48.5 Å². The summed E-state index contributed by atoms with van der Waals surface area (Å²) in [4.78, 5) is 0. The molecule has 1 N–H and O–H groups in total. The first kappa shape index (κ1) is 10.2. The average molecular weight is 221 g/mol. The van der Waals surface area contributed by atoms with Gasteiger partial charge in [-0.05, 0) is 35.8 Å². The van der Waals surface area contributed by atoms with E-state index in [4.69, 9.17) is 0 Å². The summed E-state index contributed by atoms with van der Waals surface area (Å²) in [6.07, 6.45) is 3.33. The van der Waals surface area contributed by atoms with Crippen LogP contribution in [0.3, 0.4) is 0 Å². The molecule has 0 radical (unpaired) electrons. The van der Waals surface area contributed by atoms with Crippen molar-refractivity contribution in [1.82, 2.24) is 0 Å². The van der Waals surface area contributed by atoms with Gasteiger partial charge in [-0.15, -0.1) is 0 Å². The zero-order valence-electron chi connectivity index (χ0n) is 9.90. The molecule has 0 bridgehead atoms. The van der Waals surface area contributed by atoms with Crippen LogP contribution in [-0.4, -0.2) is 0 Å². The molecule has 17 heavy (non-hydrogen) atoms. The van der Waals surface area contributed by atoms with E-state index >= 15 is 0 Å². The molecule has 1 aliphatic heterocycles. The predicted molar refractivity (Wildman–Crippen MR) is 74.3 cm³/mol. The molecule has 3 rings (SSSR count). The maximum Gasteiger partial charge on any atom is 0.0460 e. The molecule has 1 heterocycles. The van der Waals surface area contributed by atoms with Crippen LogP contribution >= 0.6 is 0 Å². The Hall–Kier alpha value is -2.02. The lowest BCUT2D eigenvalue weighted by Crippen LogP contribution is -1.93. The lowest BCUT2D eigenvalue weighted by Gasteiger charge is -2.10. The second kappa shape index (κ2) is 4.10. The van der Waals surface area contributed by atoms with Crippen LogP contribution in [-0.2, 0) is 0 Å². The molecule has 84 valence electrons. The molecular formula is C16H15N. The van der Waals surface area contributed by atoms with E-state index in [0.717, 1.165) is 6.42 Å². The number of rotatable bonds is 1. The first-order valence-electron chi connectivity index (χ1n) is 6.04. The summed E-state index contributed by atoms with van der Waals surface area (Å²) in [5.74, 6) is 0. The summed E-state index contributed by atoms with van der Waals surface area (Å²) < 4.78 is 0. The second-order valence-corrected chi connectivity index (χ2v) is 4.28. The van der Waals surface area contributed by atoms with E-state index in [1.807, 2.05) is 0 Å². The van der Waals surface area contributed by atoms with Crippen LogP contribution < -0.4 is 5.32 Å². The minimum atomic E-state index is 1.05. The van der Waals surface area contributed by atoms with Gasteiger partial charge in [0.1, 0.15) is 0 Å². The normalized spacial score (nSPS) is 12.9. The van der Waals surface area contributed by atoms with Crippen molar-refractivity contribution in [1.29, 1.82) is 0 Å². The Labute approximate surface area is 102 Å². The van der Waals surface area contributed by atoms with Crippen LogP contribution in [0.5, 0.6) is 0 Å². The lowest BCUT2D eigenvalue weighted by molar-refractivity contribution is 1.25. The molecule has 0 atom stereocenters. The molecule has 1 heteroatoms. The first-order chi connectivity index (χ1) is 8.38. The van der Waals surface area contributed by atoms with Crippen molar-refractivity contribution in [2.75, 3.05) is 5.32 Å². The highest BCUT2D eigenvalue weighted by Gasteiger charge is 2.12. The Morgan fingerprint density at radius 1 is 0.882 bits per heavy atom. The van der Waals surface area contributed by atoms with E-state index in [1.165, 1.54) is 28.1 Å². The van der Waals surface area contributed by atoms with Gasteiger partial charge < -0.3 is 5.32 Å². The van der Waals surface area contributed by atoms with Gasteiger partial charge in [-0.25, -0.2) is 0 Å². The van der Waals surface area contributed by atoms with Gasteiger partial charge in [-0.2, -0.15) is 0 Å². The van der Waals surface area contributed by atoms with E-state index in [1.54, 1.807) is 0 Å². The van der Waals surface area contributed by atoms with Crippen molar-refractivity contribution in [3.05, 3.63) is 59.7 Å². The van der Waals surface area contributed by atoms with E-state index < -0.39 is 0 Å². The Morgan fingerprint density at radius 2 is 1.59 bits per heavy atom. The van der Waals surface area contributed by atoms with E-state index in [-0.39, 0.29) is 0 Å². The molecule has 0 aliphatic carbocycles. The van der Waals surface area contributed by atoms with Crippen molar-refractivity contribution >= 4 is 23.0 Å². The van der Waals surface area contributed by atoms with Crippen molar-refractivity contribution in [3.63, 3.8) is 0 Å². The number of hydrogen-bond acceptors (Lipinski definition) is 1. The minimum Gasteiger partial charge on any atom is -0.355 e. The maximum absolute atomic E-state index is 3.52. The summed E-state index contributed by atoms with van der Waals surface area (Å²) in [7, 11) is 0. The largest absolute Gasteiger partial charge is 0.355 e. The third-order valence-electron chi connectivity index (χ3n) is 3.21. The van der Waals surface area contributed by atoms with Crippen molar-refractivity contribution in [2.45, 2.75) is 13.3 Å². The molecule has 0 spiro atoms. The van der Waals surface area contributed by atoms with E-state index in [9.17, 15) is 0 Å². The van der Waals surface area contributed by atoms with Gasteiger partial charge in [0.2, 0.25) is 0 Å². The lowest BCUT2D eigenvalue weighted by atomic mass is 10.0. The number of hydrogen-bond donors (Lipinski definition) is 1. The number of para-hydroxylation sites is 2. The zero-order valence-corrected chi connectivity index (χ0v) is 9.90. The van der Waals surface area contributed by atoms with Gasteiger partial charge in [0.25, 0.3) is 0 Å². The summed E-state index contributed by atoms with van der Waals surface area (Å²) in [5, 5.41) is 3.52. The molecule has 0 saturated carbocycles. The Morgan fingerprint density at radius 3 is 2.41 bits per heavy atom. The zero-order chi connectivity index (χ0) is 11.7. The summed E-state index contributed by atoms with van der Waals surface area (Å²) in [6, 6.07) is 16.9. The standard InChI is InChI=1S/C16H15N/c1-2-12-11-13-7-3-5-9-15(13)17-16-10-6-4-8-14(12)16/h3-11,17H,2H2,1H3. The highest BCUT2D eigenvalue weighted by atomic mass is 14.9. The van der Waals surface area contributed by atoms with E-state index in [0.29, 0.717) is 0 Å². The molecule has 0 saturated heterocycles. The summed E-state index contributed by atoms with van der Waals surface area (Å²) in [6.45, 7) is 2.20. The van der Waals surface area contributed by atoms with Crippen LogP contribution in [0.25, 0.3) is 11.6 Å². The fourth-order valence-electron chi connectivity index (χ4n) is 2.31. The Balaban J connectivity index is 2.24. The highest BCUT2D eigenvalue weighted by Crippen LogP contribution is 2.35. The van der Waals surface area contributed by atoms with Gasteiger partial charge in [0, 0.05) is 16.9 Å². The Kier molecular flexibility index (Phi) is 2.45. The molecule has 2 aromatic rings. The maximum atomic E-state index is 3.52. The molecule has 0 unspecified atom stereocenters. The predicted octanol–water partition coefficient (Wildman–Crippen LogP) is 4.69. The molecule has 1 aliphatic rings. The quantitative estimate of drug-likeness (QED) is 0.736. The second-order valence-electron chi connectivity index (χ2n) is 4.28. The average Bonchev–Trinajstić information content (AvgIpc) is 2.54. The highest BCUT2D eigenvalue weighted by molar-refractivity contribution is 5.94. The molecule has 0 aromatic heterocycles. The molecule has 0 amide bonds. The van der Waals surface area contributed by atoms with Gasteiger partial charge >= 0.3 is 0 Å². The third kappa shape index (κ3) is 1.74. The van der Waals surface area contributed by atoms with Gasteiger partial charge in [-0.3, -0.25) is 0 Å². The Bertz CT molecular complexity index is 582. The van der Waals surface area contributed by atoms with Crippen LogP contribution in [0, 0.1) is 0 Å². The third-order valence-corrected chi connectivity index (χ3v) is 3.21. The van der Waals surface area contributed by atoms with Crippen LogP contribution in [0.4, 0.5) is 11.4 Å². The number of nitrogens with one attached hydrogen (secondary N) is 1. The van der Waals surface area contributed by atoms with Gasteiger partial charge in [-0.1, -0.05) is 43.3 Å². The first-order valence-corrected chi connectivity index (χ1v) is 6.04. The van der Waals surface area contributed by atoms with Gasteiger partial charge in [0.05, 0.1) is 0 Å². The van der Waals surface area contributed by atoms with Crippen LogP contribution in [0.1, 0.15) is 24.5 Å². The smallest absolute Gasteiger partial charge is 0.0460 e. The number of anilines is 2.